The first kappa shape index (κ1) is 13.6. The highest BCUT2D eigenvalue weighted by atomic mass is 14.5. The summed E-state index contributed by atoms with van der Waals surface area (Å²) < 4.78 is 0. The van der Waals surface area contributed by atoms with E-state index in [0.29, 0.717) is 5.41 Å². The number of benzene rings is 1. The maximum Gasteiger partial charge on any atom is -0.00131 e. The van der Waals surface area contributed by atoms with Crippen molar-refractivity contribution in [2.45, 2.75) is 71.1 Å². The van der Waals surface area contributed by atoms with Crippen LogP contribution in [0.5, 0.6) is 0 Å². The molecule has 0 radical (unpaired) electrons. The van der Waals surface area contributed by atoms with Gasteiger partial charge in [-0.1, -0.05) is 64.3 Å². The Kier molecular flexibility index (Phi) is 4.48. The smallest absolute Gasteiger partial charge is 0.00131 e. The molecule has 2 rings (SSSR count). The first-order chi connectivity index (χ1) is 8.78. The van der Waals surface area contributed by atoms with Gasteiger partial charge in [0.05, 0.1) is 0 Å². The van der Waals surface area contributed by atoms with Gasteiger partial charge in [0.15, 0.2) is 0 Å². The lowest BCUT2D eigenvalue weighted by molar-refractivity contribution is 0.234. The van der Waals surface area contributed by atoms with Gasteiger partial charge >= 0.3 is 0 Å². The van der Waals surface area contributed by atoms with E-state index in [9.17, 15) is 0 Å². The highest BCUT2D eigenvalue weighted by Gasteiger charge is 2.44. The summed E-state index contributed by atoms with van der Waals surface area (Å²) in [7, 11) is 0. The van der Waals surface area contributed by atoms with Gasteiger partial charge in [0, 0.05) is 0 Å². The van der Waals surface area contributed by atoms with Gasteiger partial charge in [0.1, 0.15) is 0 Å². The van der Waals surface area contributed by atoms with E-state index in [1.807, 2.05) is 0 Å². The van der Waals surface area contributed by atoms with E-state index in [1.54, 1.807) is 11.1 Å². The maximum absolute atomic E-state index is 2.41. The third-order valence-electron chi connectivity index (χ3n) is 4.83. The molecule has 0 saturated carbocycles. The number of hydrogen-bond donors (Lipinski definition) is 0. The molecule has 0 bridgehead atoms. The van der Waals surface area contributed by atoms with Crippen LogP contribution in [0.15, 0.2) is 24.3 Å². The molecule has 0 aliphatic heterocycles. The Balaban J connectivity index is 2.41. The van der Waals surface area contributed by atoms with E-state index in [0.717, 1.165) is 5.92 Å². The molecule has 0 amide bonds. The molecule has 0 saturated heterocycles. The van der Waals surface area contributed by atoms with E-state index < -0.39 is 0 Å². The van der Waals surface area contributed by atoms with Crippen molar-refractivity contribution in [2.75, 3.05) is 0 Å². The summed E-state index contributed by atoms with van der Waals surface area (Å²) in [6.07, 6.45) is 9.43. The second kappa shape index (κ2) is 5.91. The molecular weight excluding hydrogens is 216 g/mol. The van der Waals surface area contributed by atoms with E-state index in [4.69, 9.17) is 0 Å². The quantitative estimate of drug-likeness (QED) is 0.620. The third kappa shape index (κ3) is 2.22. The Hall–Kier alpha value is -0.780. The molecule has 18 heavy (non-hydrogen) atoms. The second-order valence-electron chi connectivity index (χ2n) is 6.00. The minimum Gasteiger partial charge on any atom is -0.0654 e. The summed E-state index contributed by atoms with van der Waals surface area (Å²) in [5.41, 5.74) is 3.82. The van der Waals surface area contributed by atoms with E-state index in [2.05, 4.69) is 45.0 Å². The molecule has 0 heterocycles. The van der Waals surface area contributed by atoms with Crippen LogP contribution in [0.3, 0.4) is 0 Å². The van der Waals surface area contributed by atoms with Crippen molar-refractivity contribution in [1.29, 1.82) is 0 Å². The third-order valence-corrected chi connectivity index (χ3v) is 4.83. The van der Waals surface area contributed by atoms with Crippen molar-refractivity contribution in [3.05, 3.63) is 35.4 Å². The fraction of sp³-hybridized carbons (Fsp3) is 0.667. The highest BCUT2D eigenvalue weighted by molar-refractivity contribution is 5.40. The zero-order valence-corrected chi connectivity index (χ0v) is 12.3. The zero-order chi connectivity index (χ0) is 13.0. The van der Waals surface area contributed by atoms with Crippen molar-refractivity contribution in [2.24, 2.45) is 5.92 Å². The predicted octanol–water partition coefficient (Wildman–Crippen LogP) is 5.50. The Morgan fingerprint density at radius 3 is 2.28 bits per heavy atom. The summed E-state index contributed by atoms with van der Waals surface area (Å²) >= 11 is 0. The maximum atomic E-state index is 2.41. The minimum absolute atomic E-state index is 0.496. The van der Waals surface area contributed by atoms with Crippen LogP contribution in [0.2, 0.25) is 0 Å². The van der Waals surface area contributed by atoms with Crippen LogP contribution in [0.25, 0.3) is 0 Å². The molecule has 0 fully saturated rings. The van der Waals surface area contributed by atoms with Crippen LogP contribution in [-0.4, -0.2) is 0 Å². The number of hydrogen-bond acceptors (Lipinski definition) is 0. The molecule has 1 aromatic rings. The zero-order valence-electron chi connectivity index (χ0n) is 12.3. The summed E-state index contributed by atoms with van der Waals surface area (Å²) in [5.74, 6) is 0.889. The van der Waals surface area contributed by atoms with Gasteiger partial charge in [-0.3, -0.25) is 0 Å². The Morgan fingerprint density at radius 2 is 1.67 bits per heavy atom. The lowest BCUT2D eigenvalue weighted by Crippen LogP contribution is -2.31. The number of rotatable bonds is 6. The minimum atomic E-state index is 0.496. The van der Waals surface area contributed by atoms with Gasteiger partial charge in [-0.05, 0) is 48.1 Å². The van der Waals surface area contributed by atoms with Crippen LogP contribution in [0, 0.1) is 5.92 Å². The standard InChI is InChI=1S/C18H28/c1-4-9-16-14-15-10-7-8-11-17(15)18(16,12-5-2)13-6-3/h7-8,10-11,16H,4-6,9,12-14H2,1-3H3. The van der Waals surface area contributed by atoms with Crippen molar-refractivity contribution >= 4 is 0 Å². The van der Waals surface area contributed by atoms with Crippen molar-refractivity contribution in [3.8, 4) is 0 Å². The molecule has 1 atom stereocenters. The average Bonchev–Trinajstić information content (AvgIpc) is 2.66. The van der Waals surface area contributed by atoms with Crippen molar-refractivity contribution in [1.82, 2.24) is 0 Å². The van der Waals surface area contributed by atoms with Crippen molar-refractivity contribution in [3.63, 3.8) is 0 Å². The SMILES string of the molecule is CCCC1Cc2ccccc2C1(CCC)CCC. The van der Waals surface area contributed by atoms with Gasteiger partial charge in [-0.15, -0.1) is 0 Å². The topological polar surface area (TPSA) is 0 Å². The second-order valence-corrected chi connectivity index (χ2v) is 6.00. The lowest BCUT2D eigenvalue weighted by Gasteiger charge is -2.37. The Morgan fingerprint density at radius 1 is 1.00 bits per heavy atom. The molecule has 1 unspecified atom stereocenters. The van der Waals surface area contributed by atoms with Gasteiger partial charge in [-0.2, -0.15) is 0 Å². The van der Waals surface area contributed by atoms with E-state index in [-0.39, 0.29) is 0 Å². The molecular formula is C18H28. The predicted molar refractivity (Wildman–Crippen MR) is 80.0 cm³/mol. The molecule has 0 N–H and O–H groups in total. The molecule has 1 aliphatic carbocycles. The Labute approximate surface area is 113 Å². The van der Waals surface area contributed by atoms with Crippen LogP contribution in [0.4, 0.5) is 0 Å². The van der Waals surface area contributed by atoms with Crippen molar-refractivity contribution < 1.29 is 0 Å². The molecule has 0 heteroatoms. The number of fused-ring (bicyclic) bond motifs is 1. The fourth-order valence-electron chi connectivity index (χ4n) is 4.29. The average molecular weight is 244 g/mol. The monoisotopic (exact) mass is 244 g/mol. The van der Waals surface area contributed by atoms with Crippen LogP contribution in [0.1, 0.15) is 70.4 Å². The lowest BCUT2D eigenvalue weighted by atomic mass is 9.67. The normalized spacial score (nSPS) is 20.9. The molecule has 0 nitrogen and oxygen atoms in total. The van der Waals surface area contributed by atoms with Crippen LogP contribution >= 0.6 is 0 Å². The van der Waals surface area contributed by atoms with Gasteiger partial charge < -0.3 is 0 Å². The van der Waals surface area contributed by atoms with E-state index >= 15 is 0 Å². The van der Waals surface area contributed by atoms with Gasteiger partial charge in [0.25, 0.3) is 0 Å². The largest absolute Gasteiger partial charge is 0.0654 e. The molecule has 0 aromatic heterocycles. The summed E-state index contributed by atoms with van der Waals surface area (Å²) in [6.45, 7) is 7.04. The van der Waals surface area contributed by atoms with Gasteiger partial charge in [0.2, 0.25) is 0 Å². The molecule has 1 aliphatic rings. The molecule has 100 valence electrons. The fourth-order valence-corrected chi connectivity index (χ4v) is 4.29. The summed E-state index contributed by atoms with van der Waals surface area (Å²) in [5, 5.41) is 0. The first-order valence-corrected chi connectivity index (χ1v) is 7.86. The highest BCUT2D eigenvalue weighted by Crippen LogP contribution is 2.51. The van der Waals surface area contributed by atoms with Crippen LogP contribution in [-0.2, 0) is 11.8 Å². The summed E-state index contributed by atoms with van der Waals surface area (Å²) in [4.78, 5) is 0. The molecule has 1 aromatic carbocycles. The molecule has 0 spiro atoms. The van der Waals surface area contributed by atoms with Gasteiger partial charge in [-0.25, -0.2) is 0 Å². The first-order valence-electron chi connectivity index (χ1n) is 7.86. The summed E-state index contributed by atoms with van der Waals surface area (Å²) in [6, 6.07) is 9.24. The Bertz CT molecular complexity index is 371. The van der Waals surface area contributed by atoms with E-state index in [1.165, 1.54) is 44.9 Å². The van der Waals surface area contributed by atoms with Crippen LogP contribution < -0.4 is 0 Å².